The van der Waals surface area contributed by atoms with Crippen molar-refractivity contribution < 1.29 is 9.18 Å². The molecular weight excluding hydrogens is 352 g/mol. The van der Waals surface area contributed by atoms with Gasteiger partial charge in [-0.15, -0.1) is 0 Å². The summed E-state index contributed by atoms with van der Waals surface area (Å²) in [5.41, 5.74) is 4.74. The first-order valence-electron chi connectivity index (χ1n) is 9.11. The fourth-order valence-corrected chi connectivity index (χ4v) is 3.01. The van der Waals surface area contributed by atoms with E-state index in [9.17, 15) is 9.18 Å². The van der Waals surface area contributed by atoms with E-state index in [2.05, 4.69) is 15.5 Å². The number of alkyl halides is 1. The Labute approximate surface area is 165 Å². The van der Waals surface area contributed by atoms with Crippen molar-refractivity contribution >= 4 is 17.3 Å². The number of nitrogens with one attached hydrogen (secondary N) is 2. The summed E-state index contributed by atoms with van der Waals surface area (Å²) in [4.78, 5) is 14.8. The molecule has 0 aliphatic rings. The summed E-state index contributed by atoms with van der Waals surface area (Å²) in [7, 11) is 4.00. The summed E-state index contributed by atoms with van der Waals surface area (Å²) in [6.07, 6.45) is 0. The van der Waals surface area contributed by atoms with Crippen LogP contribution in [0, 0.1) is 0 Å². The summed E-state index contributed by atoms with van der Waals surface area (Å²) >= 11 is 0. The van der Waals surface area contributed by atoms with E-state index in [4.69, 9.17) is 0 Å². The van der Waals surface area contributed by atoms with Gasteiger partial charge in [-0.25, -0.2) is 4.39 Å². The number of hydrogen-bond acceptors (Lipinski definition) is 3. The van der Waals surface area contributed by atoms with E-state index < -0.39 is 6.80 Å². The number of carbonyl (C=O) groups is 1. The number of benzene rings is 3. The fraction of sp³-hybridized carbons (Fsp3) is 0.174. The van der Waals surface area contributed by atoms with Crippen LogP contribution in [0.4, 0.5) is 15.8 Å². The van der Waals surface area contributed by atoms with E-state index in [1.165, 1.54) is 0 Å². The van der Waals surface area contributed by atoms with E-state index >= 15 is 0 Å². The lowest BCUT2D eigenvalue weighted by Crippen LogP contribution is -2.14. The van der Waals surface area contributed by atoms with Crippen LogP contribution in [-0.4, -0.2) is 31.7 Å². The Morgan fingerprint density at radius 3 is 2.25 bits per heavy atom. The number of halogens is 1. The summed E-state index contributed by atoms with van der Waals surface area (Å²) in [6.45, 7) is 0.0956. The minimum atomic E-state index is -0.715. The highest BCUT2D eigenvalue weighted by Crippen LogP contribution is 2.29. The van der Waals surface area contributed by atoms with Crippen molar-refractivity contribution in [2.75, 3.05) is 31.5 Å². The van der Waals surface area contributed by atoms with Crippen LogP contribution in [-0.2, 0) is 6.54 Å². The molecule has 0 fully saturated rings. The first-order valence-corrected chi connectivity index (χ1v) is 9.11. The predicted molar refractivity (Wildman–Crippen MR) is 113 cm³/mol. The number of anilines is 2. The molecule has 0 saturated carbocycles. The van der Waals surface area contributed by atoms with E-state index in [0.717, 1.165) is 23.2 Å². The zero-order valence-corrected chi connectivity index (χ0v) is 16.1. The van der Waals surface area contributed by atoms with Crippen LogP contribution in [0.5, 0.6) is 0 Å². The predicted octanol–water partition coefficient (Wildman–Crippen LogP) is 5.01. The monoisotopic (exact) mass is 376 g/mol. The highest BCUT2D eigenvalue weighted by atomic mass is 18.2. The van der Waals surface area contributed by atoms with Gasteiger partial charge in [0.05, 0.1) is 11.4 Å². The smallest absolute Gasteiger partial charge is 0.255 e. The maximum atomic E-state index is 12.9. The Morgan fingerprint density at radius 2 is 1.61 bits per heavy atom. The molecule has 0 aromatic heterocycles. The molecule has 3 aromatic rings. The highest BCUT2D eigenvalue weighted by molar-refractivity contribution is 6.06. The van der Waals surface area contributed by atoms with Gasteiger partial charge in [-0.1, -0.05) is 48.5 Å². The van der Waals surface area contributed by atoms with E-state index in [-0.39, 0.29) is 5.91 Å². The summed E-state index contributed by atoms with van der Waals surface area (Å²) < 4.78 is 12.9. The molecule has 3 rings (SSSR count). The minimum absolute atomic E-state index is 0.233. The van der Waals surface area contributed by atoms with E-state index in [1.807, 2.05) is 68.7 Å². The van der Waals surface area contributed by atoms with Gasteiger partial charge in [0.25, 0.3) is 5.91 Å². The zero-order valence-electron chi connectivity index (χ0n) is 16.1. The normalized spacial score (nSPS) is 10.7. The average molecular weight is 376 g/mol. The molecule has 3 aromatic carbocycles. The molecule has 5 heteroatoms. The van der Waals surface area contributed by atoms with E-state index in [1.54, 1.807) is 18.2 Å². The second-order valence-corrected chi connectivity index (χ2v) is 6.83. The number of amides is 1. The molecule has 28 heavy (non-hydrogen) atoms. The third-order valence-electron chi connectivity index (χ3n) is 4.35. The topological polar surface area (TPSA) is 44.4 Å². The Hall–Kier alpha value is -3.18. The van der Waals surface area contributed by atoms with Crippen LogP contribution in [0.15, 0.2) is 72.8 Å². The Balaban J connectivity index is 1.84. The summed E-state index contributed by atoms with van der Waals surface area (Å²) in [6, 6.07) is 22.9. The Bertz CT molecular complexity index is 924. The number of rotatable bonds is 7. The van der Waals surface area contributed by atoms with Crippen LogP contribution in [0.1, 0.15) is 15.9 Å². The largest absolute Gasteiger partial charge is 0.357 e. The van der Waals surface area contributed by atoms with Crippen LogP contribution < -0.4 is 10.6 Å². The van der Waals surface area contributed by atoms with Gasteiger partial charge < -0.3 is 15.5 Å². The maximum absolute atomic E-state index is 12.9. The van der Waals surface area contributed by atoms with E-state index in [0.29, 0.717) is 16.9 Å². The van der Waals surface area contributed by atoms with Gasteiger partial charge in [-0.05, 0) is 55.1 Å². The van der Waals surface area contributed by atoms with Crippen LogP contribution in [0.2, 0.25) is 0 Å². The second-order valence-electron chi connectivity index (χ2n) is 6.83. The van der Waals surface area contributed by atoms with Gasteiger partial charge >= 0.3 is 0 Å². The summed E-state index contributed by atoms with van der Waals surface area (Å²) in [5.74, 6) is -0.233. The Morgan fingerprint density at radius 1 is 0.893 bits per heavy atom. The van der Waals surface area contributed by atoms with Gasteiger partial charge in [-0.2, -0.15) is 0 Å². The SMILES string of the molecule is CN(C)Cc1ccc(C(=O)Nc2cc(-c3ccccc3)ccc2NC[18F])cc1. The molecule has 0 aliphatic heterocycles. The molecule has 0 bridgehead atoms. The van der Waals surface area contributed by atoms with Crippen molar-refractivity contribution in [3.8, 4) is 11.1 Å². The lowest BCUT2D eigenvalue weighted by Gasteiger charge is -2.14. The zero-order chi connectivity index (χ0) is 19.9. The molecule has 1 amide bonds. The van der Waals surface area contributed by atoms with Crippen LogP contribution in [0.25, 0.3) is 11.1 Å². The van der Waals surface area contributed by atoms with Crippen LogP contribution in [0.3, 0.4) is 0 Å². The molecule has 0 spiro atoms. The number of nitrogens with zero attached hydrogens (tertiary/aromatic N) is 1. The highest BCUT2D eigenvalue weighted by Gasteiger charge is 2.11. The maximum Gasteiger partial charge on any atom is 0.255 e. The van der Waals surface area contributed by atoms with Crippen molar-refractivity contribution in [1.82, 2.24) is 4.90 Å². The van der Waals surface area contributed by atoms with Gasteiger partial charge in [0.1, 0.15) is 0 Å². The minimum Gasteiger partial charge on any atom is -0.357 e. The Kier molecular flexibility index (Phi) is 6.40. The average Bonchev–Trinajstić information content (AvgIpc) is 2.70. The van der Waals surface area contributed by atoms with Crippen LogP contribution >= 0.6 is 0 Å². The van der Waals surface area contributed by atoms with Crippen molar-refractivity contribution in [3.63, 3.8) is 0 Å². The van der Waals surface area contributed by atoms with Gasteiger partial charge in [0.2, 0.25) is 0 Å². The quantitative estimate of drug-likeness (QED) is 0.570. The molecular formula is C23H24FN3O. The molecule has 0 heterocycles. The summed E-state index contributed by atoms with van der Waals surface area (Å²) in [5, 5.41) is 5.56. The van der Waals surface area contributed by atoms with Gasteiger partial charge in [0, 0.05) is 12.1 Å². The molecule has 0 atom stereocenters. The molecule has 0 aliphatic carbocycles. The molecule has 0 unspecified atom stereocenters. The van der Waals surface area contributed by atoms with Crippen molar-refractivity contribution in [2.45, 2.75) is 6.54 Å². The lowest BCUT2D eigenvalue weighted by atomic mass is 10.0. The first kappa shape index (κ1) is 19.6. The standard InChI is InChI=1S/C23H24FN3O/c1-27(2)15-17-8-10-19(11-9-17)23(28)26-22-14-20(12-13-21(22)25-16-24)18-6-4-3-5-7-18/h3-14,25H,15-16H2,1-2H3,(H,26,28)/i24-1. The lowest BCUT2D eigenvalue weighted by molar-refractivity contribution is 0.102. The second kappa shape index (κ2) is 9.15. The molecule has 4 nitrogen and oxygen atoms in total. The molecule has 2 N–H and O–H groups in total. The fourth-order valence-electron chi connectivity index (χ4n) is 3.01. The third kappa shape index (κ3) is 4.96. The van der Waals surface area contributed by atoms with Crippen molar-refractivity contribution in [1.29, 1.82) is 0 Å². The third-order valence-corrected chi connectivity index (χ3v) is 4.35. The molecule has 0 radical (unpaired) electrons. The van der Waals surface area contributed by atoms with Gasteiger partial charge in [0.15, 0.2) is 6.80 Å². The molecule has 0 saturated heterocycles. The first-order chi connectivity index (χ1) is 13.6. The molecule has 144 valence electrons. The number of carbonyl (C=O) groups excluding carboxylic acids is 1. The number of hydrogen-bond donors (Lipinski definition) is 2. The van der Waals surface area contributed by atoms with Crippen molar-refractivity contribution in [3.05, 3.63) is 83.9 Å². The van der Waals surface area contributed by atoms with Gasteiger partial charge in [-0.3, -0.25) is 4.79 Å². The van der Waals surface area contributed by atoms with Crippen molar-refractivity contribution in [2.24, 2.45) is 0 Å².